The van der Waals surface area contributed by atoms with E-state index in [1.807, 2.05) is 30.3 Å². The van der Waals surface area contributed by atoms with E-state index in [0.29, 0.717) is 23.9 Å². The van der Waals surface area contributed by atoms with E-state index < -0.39 is 12.1 Å². The van der Waals surface area contributed by atoms with Crippen LogP contribution in [-0.4, -0.2) is 39.1 Å². The number of nitrogens with one attached hydrogen (secondary N) is 1. The lowest BCUT2D eigenvalue weighted by Crippen LogP contribution is -2.24. The Morgan fingerprint density at radius 2 is 1.84 bits per heavy atom. The van der Waals surface area contributed by atoms with Crippen molar-refractivity contribution in [1.29, 1.82) is 0 Å². The lowest BCUT2D eigenvalue weighted by molar-refractivity contribution is -0.150. The van der Waals surface area contributed by atoms with E-state index in [2.05, 4.69) is 15.1 Å². The number of rotatable bonds is 6. The Balaban J connectivity index is 1.33. The van der Waals surface area contributed by atoms with Gasteiger partial charge in [-0.2, -0.15) is 5.10 Å². The zero-order chi connectivity index (χ0) is 21.8. The number of ether oxygens (including phenoxy) is 1. The smallest absolute Gasteiger partial charge is 0.307 e. The number of carbonyl (C=O) groups is 2. The second-order valence-electron chi connectivity index (χ2n) is 7.28. The average molecular weight is 418 g/mol. The van der Waals surface area contributed by atoms with Crippen LogP contribution in [0.15, 0.2) is 64.5 Å². The summed E-state index contributed by atoms with van der Waals surface area (Å²) in [5, 5.41) is 6.26. The monoisotopic (exact) mass is 418 g/mol. The molecule has 0 saturated carbocycles. The topological polar surface area (TPSA) is 105 Å². The second kappa shape index (κ2) is 8.91. The van der Waals surface area contributed by atoms with Crippen molar-refractivity contribution >= 4 is 28.5 Å². The van der Waals surface area contributed by atoms with Gasteiger partial charge in [0.2, 0.25) is 5.91 Å². The molecule has 2 aromatic carbocycles. The summed E-state index contributed by atoms with van der Waals surface area (Å²) in [6.45, 7) is 2.13. The molecular weight excluding hydrogens is 396 g/mol. The SMILES string of the molecule is CC(OC(=O)CCC(=O)N1CCC(c2ccccc2)=N1)c1nc2ccccc2c(=O)[nH]1. The van der Waals surface area contributed by atoms with Crippen molar-refractivity contribution < 1.29 is 14.3 Å². The third kappa shape index (κ3) is 4.69. The largest absolute Gasteiger partial charge is 0.454 e. The van der Waals surface area contributed by atoms with E-state index >= 15 is 0 Å². The maximum atomic E-state index is 12.4. The molecule has 158 valence electrons. The normalized spacial score (nSPS) is 14.4. The molecule has 8 heteroatoms. The van der Waals surface area contributed by atoms with E-state index in [-0.39, 0.29) is 30.1 Å². The number of hydrogen-bond donors (Lipinski definition) is 1. The standard InChI is InChI=1S/C23H22N4O4/c1-15(22-24-19-10-6-5-9-17(19)23(30)25-22)31-21(29)12-11-20(28)27-14-13-18(26-27)16-7-3-2-4-8-16/h2-10,15H,11-14H2,1H3,(H,24,25,30). The van der Waals surface area contributed by atoms with Gasteiger partial charge in [-0.3, -0.25) is 14.4 Å². The number of hydrazone groups is 1. The molecule has 1 unspecified atom stereocenters. The molecule has 0 spiro atoms. The van der Waals surface area contributed by atoms with Crippen LogP contribution < -0.4 is 5.56 Å². The Hall–Kier alpha value is -3.81. The van der Waals surface area contributed by atoms with Gasteiger partial charge in [-0.05, 0) is 24.6 Å². The van der Waals surface area contributed by atoms with E-state index in [0.717, 1.165) is 11.3 Å². The number of fused-ring (bicyclic) bond motifs is 1. The van der Waals surface area contributed by atoms with Gasteiger partial charge in [0.25, 0.3) is 5.56 Å². The molecular formula is C23H22N4O4. The maximum absolute atomic E-state index is 12.4. The Labute approximate surface area is 178 Å². The van der Waals surface area contributed by atoms with Crippen LogP contribution in [0.3, 0.4) is 0 Å². The summed E-state index contributed by atoms with van der Waals surface area (Å²) < 4.78 is 5.37. The molecule has 31 heavy (non-hydrogen) atoms. The van der Waals surface area contributed by atoms with Crippen molar-refractivity contribution in [1.82, 2.24) is 15.0 Å². The van der Waals surface area contributed by atoms with Gasteiger partial charge >= 0.3 is 5.97 Å². The number of aromatic nitrogens is 2. The van der Waals surface area contributed by atoms with Crippen molar-refractivity contribution in [2.24, 2.45) is 5.10 Å². The molecule has 0 bridgehead atoms. The number of H-pyrrole nitrogens is 1. The van der Waals surface area contributed by atoms with Gasteiger partial charge in [0, 0.05) is 12.8 Å². The molecule has 1 amide bonds. The first kappa shape index (κ1) is 20.5. The number of benzene rings is 2. The zero-order valence-electron chi connectivity index (χ0n) is 17.1. The summed E-state index contributed by atoms with van der Waals surface area (Å²) in [7, 11) is 0. The molecule has 2 heterocycles. The predicted molar refractivity (Wildman–Crippen MR) is 115 cm³/mol. The van der Waals surface area contributed by atoms with Crippen molar-refractivity contribution in [3.05, 3.63) is 76.3 Å². The highest BCUT2D eigenvalue weighted by molar-refractivity contribution is 6.02. The molecule has 1 aromatic heterocycles. The fraction of sp³-hybridized carbons (Fsp3) is 0.261. The van der Waals surface area contributed by atoms with Gasteiger partial charge in [-0.1, -0.05) is 42.5 Å². The third-order valence-corrected chi connectivity index (χ3v) is 5.06. The summed E-state index contributed by atoms with van der Waals surface area (Å²) in [5.41, 5.74) is 2.08. The fourth-order valence-corrected chi connectivity index (χ4v) is 3.42. The van der Waals surface area contributed by atoms with Crippen LogP contribution in [0.4, 0.5) is 0 Å². The Kier molecular flexibility index (Phi) is 5.88. The first-order valence-electron chi connectivity index (χ1n) is 10.1. The van der Waals surface area contributed by atoms with Crippen molar-refractivity contribution in [2.45, 2.75) is 32.3 Å². The number of nitrogens with zero attached hydrogens (tertiary/aromatic N) is 3. The number of amides is 1. The number of hydrogen-bond acceptors (Lipinski definition) is 6. The number of esters is 1. The van der Waals surface area contributed by atoms with Gasteiger partial charge in [0.15, 0.2) is 11.9 Å². The lowest BCUT2D eigenvalue weighted by atomic mass is 10.1. The summed E-state index contributed by atoms with van der Waals surface area (Å²) in [6.07, 6.45) is -0.139. The van der Waals surface area contributed by atoms with Gasteiger partial charge in [0.1, 0.15) is 0 Å². The molecule has 1 N–H and O–H groups in total. The van der Waals surface area contributed by atoms with Crippen LogP contribution in [0.2, 0.25) is 0 Å². The van der Waals surface area contributed by atoms with Crippen LogP contribution in [-0.2, 0) is 14.3 Å². The average Bonchev–Trinajstić information content (AvgIpc) is 3.28. The first-order valence-corrected chi connectivity index (χ1v) is 10.1. The number of aromatic amines is 1. The molecule has 1 aliphatic heterocycles. The molecule has 1 atom stereocenters. The van der Waals surface area contributed by atoms with Crippen LogP contribution in [0.5, 0.6) is 0 Å². The van der Waals surface area contributed by atoms with Crippen LogP contribution in [0.1, 0.15) is 43.7 Å². The summed E-state index contributed by atoms with van der Waals surface area (Å²) in [6, 6.07) is 16.6. The summed E-state index contributed by atoms with van der Waals surface area (Å²) in [4.78, 5) is 43.8. The minimum absolute atomic E-state index is 0.00120. The Morgan fingerprint density at radius 1 is 1.10 bits per heavy atom. The lowest BCUT2D eigenvalue weighted by Gasteiger charge is -2.14. The van der Waals surface area contributed by atoms with Gasteiger partial charge in [0.05, 0.1) is 29.6 Å². The highest BCUT2D eigenvalue weighted by Gasteiger charge is 2.23. The molecule has 4 rings (SSSR count). The predicted octanol–water partition coefficient (Wildman–Crippen LogP) is 2.94. The fourth-order valence-electron chi connectivity index (χ4n) is 3.42. The quantitative estimate of drug-likeness (QED) is 0.620. The van der Waals surface area contributed by atoms with Crippen molar-refractivity contribution in [3.8, 4) is 0 Å². The summed E-state index contributed by atoms with van der Waals surface area (Å²) >= 11 is 0. The molecule has 1 aliphatic rings. The molecule has 8 nitrogen and oxygen atoms in total. The maximum Gasteiger partial charge on any atom is 0.307 e. The third-order valence-electron chi connectivity index (χ3n) is 5.06. The first-order chi connectivity index (χ1) is 15.0. The van der Waals surface area contributed by atoms with E-state index in [1.54, 1.807) is 31.2 Å². The Morgan fingerprint density at radius 3 is 2.65 bits per heavy atom. The Bertz CT molecular complexity index is 1200. The summed E-state index contributed by atoms with van der Waals surface area (Å²) in [5.74, 6) is -0.504. The van der Waals surface area contributed by atoms with E-state index in [4.69, 9.17) is 4.74 Å². The number of para-hydroxylation sites is 1. The highest BCUT2D eigenvalue weighted by atomic mass is 16.5. The van der Waals surface area contributed by atoms with Gasteiger partial charge in [-0.15, -0.1) is 0 Å². The highest BCUT2D eigenvalue weighted by Crippen LogP contribution is 2.17. The molecule has 0 saturated heterocycles. The molecule has 3 aromatic rings. The number of carbonyl (C=O) groups excluding carboxylic acids is 2. The van der Waals surface area contributed by atoms with Crippen LogP contribution in [0.25, 0.3) is 10.9 Å². The van der Waals surface area contributed by atoms with Gasteiger partial charge < -0.3 is 9.72 Å². The van der Waals surface area contributed by atoms with Gasteiger partial charge in [-0.25, -0.2) is 9.99 Å². The second-order valence-corrected chi connectivity index (χ2v) is 7.28. The minimum atomic E-state index is -0.741. The molecule has 0 radical (unpaired) electrons. The molecule has 0 fully saturated rings. The van der Waals surface area contributed by atoms with Crippen LogP contribution in [0, 0.1) is 0 Å². The van der Waals surface area contributed by atoms with Crippen LogP contribution >= 0.6 is 0 Å². The van der Waals surface area contributed by atoms with E-state index in [1.165, 1.54) is 5.01 Å². The van der Waals surface area contributed by atoms with Crippen molar-refractivity contribution in [2.75, 3.05) is 6.54 Å². The molecule has 0 aliphatic carbocycles. The minimum Gasteiger partial charge on any atom is -0.454 e. The van der Waals surface area contributed by atoms with Crippen molar-refractivity contribution in [3.63, 3.8) is 0 Å². The van der Waals surface area contributed by atoms with E-state index in [9.17, 15) is 14.4 Å². The zero-order valence-corrected chi connectivity index (χ0v) is 17.1.